The number of ether oxygens (including phenoxy) is 1. The molecule has 0 bridgehead atoms. The van der Waals surface area contributed by atoms with Gasteiger partial charge in [0.2, 0.25) is 0 Å². The van der Waals surface area contributed by atoms with Gasteiger partial charge in [-0.15, -0.1) is 0 Å². The van der Waals surface area contributed by atoms with Crippen LogP contribution in [0.1, 0.15) is 34.8 Å². The lowest BCUT2D eigenvalue weighted by molar-refractivity contribution is -0.140. The zero-order valence-corrected chi connectivity index (χ0v) is 9.48. The summed E-state index contributed by atoms with van der Waals surface area (Å²) in [4.78, 5) is 24.0. The van der Waals surface area contributed by atoms with Gasteiger partial charge in [0.25, 0.3) is 12.0 Å². The van der Waals surface area contributed by atoms with E-state index < -0.39 is 40.8 Å². The fourth-order valence-corrected chi connectivity index (χ4v) is 1.43. The van der Waals surface area contributed by atoms with Crippen LogP contribution in [0.2, 0.25) is 0 Å². The third-order valence-corrected chi connectivity index (χ3v) is 2.13. The molecule has 0 aliphatic carbocycles. The Balaban J connectivity index is 3.60. The van der Waals surface area contributed by atoms with E-state index >= 15 is 0 Å². The summed E-state index contributed by atoms with van der Waals surface area (Å²) in [7, 11) is 0. The molecule has 0 radical (unpaired) electrons. The van der Waals surface area contributed by atoms with Crippen LogP contribution in [0.25, 0.3) is 0 Å². The number of esters is 1. The first kappa shape index (κ1) is 15.1. The maximum absolute atomic E-state index is 12.7. The minimum Gasteiger partial charge on any atom is -0.462 e. The van der Waals surface area contributed by atoms with Crippen LogP contribution in [-0.4, -0.2) is 17.6 Å². The molecule has 0 aliphatic rings. The summed E-state index contributed by atoms with van der Waals surface area (Å²) in [5.74, 6) is -1.36. The molecular formula is C10H8F5NO3. The molecule has 0 atom stereocenters. The predicted octanol–water partition coefficient (Wildman–Crippen LogP) is 2.51. The van der Waals surface area contributed by atoms with Gasteiger partial charge in [0.05, 0.1) is 17.7 Å². The van der Waals surface area contributed by atoms with Crippen molar-refractivity contribution in [2.45, 2.75) is 19.5 Å². The average molecular weight is 285 g/mol. The Morgan fingerprint density at radius 1 is 1.42 bits per heavy atom. The molecule has 1 heterocycles. The molecule has 0 spiro atoms. The van der Waals surface area contributed by atoms with Gasteiger partial charge >= 0.3 is 12.1 Å². The number of aromatic amines is 1. The number of H-pyrrole nitrogens is 1. The van der Waals surface area contributed by atoms with Crippen molar-refractivity contribution < 1.29 is 31.5 Å². The fourth-order valence-electron chi connectivity index (χ4n) is 1.43. The molecule has 0 amide bonds. The summed E-state index contributed by atoms with van der Waals surface area (Å²) in [5, 5.41) is 0. The van der Waals surface area contributed by atoms with Crippen LogP contribution in [0.4, 0.5) is 22.0 Å². The van der Waals surface area contributed by atoms with Crippen molar-refractivity contribution in [2.24, 2.45) is 0 Å². The first-order chi connectivity index (χ1) is 8.70. The number of nitrogens with one attached hydrogen (secondary N) is 1. The van der Waals surface area contributed by atoms with Gasteiger partial charge < -0.3 is 9.72 Å². The minimum atomic E-state index is -5.30. The Hall–Kier alpha value is -1.93. The largest absolute Gasteiger partial charge is 0.462 e. The van der Waals surface area contributed by atoms with E-state index in [-0.39, 0.29) is 6.61 Å². The SMILES string of the molecule is CCOC(=O)c1c[nH]c(=O)c(C(F)(F)F)c1C(F)F. The third-order valence-electron chi connectivity index (χ3n) is 2.13. The van der Waals surface area contributed by atoms with Crippen LogP contribution in [0, 0.1) is 0 Å². The molecule has 0 saturated heterocycles. The molecule has 9 heteroatoms. The van der Waals surface area contributed by atoms with Crippen molar-refractivity contribution in [3.8, 4) is 0 Å². The zero-order chi connectivity index (χ0) is 14.8. The molecular weight excluding hydrogens is 277 g/mol. The van der Waals surface area contributed by atoms with Gasteiger partial charge in [-0.25, -0.2) is 13.6 Å². The molecule has 0 unspecified atom stereocenters. The normalized spacial score (nSPS) is 11.7. The van der Waals surface area contributed by atoms with Crippen molar-refractivity contribution >= 4 is 5.97 Å². The second kappa shape index (κ2) is 5.37. The maximum atomic E-state index is 12.7. The van der Waals surface area contributed by atoms with Crippen LogP contribution in [0.3, 0.4) is 0 Å². The molecule has 0 aliphatic heterocycles. The molecule has 1 rings (SSSR count). The fraction of sp³-hybridized carbons (Fsp3) is 0.400. The number of carbonyl (C=O) groups is 1. The smallest absolute Gasteiger partial charge is 0.422 e. The highest BCUT2D eigenvalue weighted by Crippen LogP contribution is 2.35. The average Bonchev–Trinajstić information content (AvgIpc) is 2.26. The summed E-state index contributed by atoms with van der Waals surface area (Å²) in [6.07, 6.45) is -8.46. The number of halogens is 5. The van der Waals surface area contributed by atoms with Crippen LogP contribution in [0.15, 0.2) is 11.0 Å². The second-order valence-corrected chi connectivity index (χ2v) is 3.34. The molecule has 106 valence electrons. The summed E-state index contributed by atoms with van der Waals surface area (Å²) >= 11 is 0. The molecule has 0 saturated carbocycles. The van der Waals surface area contributed by atoms with Crippen molar-refractivity contribution in [3.63, 3.8) is 0 Å². The predicted molar refractivity (Wildman–Crippen MR) is 53.0 cm³/mol. The van der Waals surface area contributed by atoms with E-state index in [1.165, 1.54) is 6.92 Å². The Bertz CT molecular complexity index is 535. The first-order valence-electron chi connectivity index (χ1n) is 4.98. The number of hydrogen-bond donors (Lipinski definition) is 1. The van der Waals surface area contributed by atoms with E-state index in [0.717, 1.165) is 0 Å². The molecule has 19 heavy (non-hydrogen) atoms. The minimum absolute atomic E-state index is 0.206. The summed E-state index contributed by atoms with van der Waals surface area (Å²) in [6, 6.07) is 0. The van der Waals surface area contributed by atoms with Gasteiger partial charge in [-0.2, -0.15) is 13.2 Å². The highest BCUT2D eigenvalue weighted by molar-refractivity contribution is 5.91. The number of hydrogen-bond acceptors (Lipinski definition) is 3. The number of pyridine rings is 1. The van der Waals surface area contributed by atoms with Gasteiger partial charge in [-0.3, -0.25) is 4.79 Å². The number of carbonyl (C=O) groups excluding carboxylic acids is 1. The molecule has 1 aromatic heterocycles. The standard InChI is InChI=1S/C10H8F5NO3/c1-2-19-9(18)4-3-16-8(17)6(10(13,14)15)5(4)7(11)12/h3,7H,2H2,1H3,(H,16,17). The molecule has 1 N–H and O–H groups in total. The van der Waals surface area contributed by atoms with Gasteiger partial charge in [-0.05, 0) is 6.92 Å². The first-order valence-corrected chi connectivity index (χ1v) is 4.98. The maximum Gasteiger partial charge on any atom is 0.422 e. The van der Waals surface area contributed by atoms with E-state index in [1.54, 1.807) is 4.98 Å². The van der Waals surface area contributed by atoms with E-state index in [4.69, 9.17) is 0 Å². The lowest BCUT2D eigenvalue weighted by atomic mass is 10.0. The number of alkyl halides is 5. The quantitative estimate of drug-likeness (QED) is 0.685. The summed E-state index contributed by atoms with van der Waals surface area (Å²) in [5.41, 5.74) is -6.51. The Labute approximate surface area is 103 Å². The number of rotatable bonds is 3. The van der Waals surface area contributed by atoms with E-state index in [9.17, 15) is 31.5 Å². The molecule has 0 fully saturated rings. The third kappa shape index (κ3) is 3.09. The Morgan fingerprint density at radius 2 is 2.00 bits per heavy atom. The Kier molecular flexibility index (Phi) is 4.28. The van der Waals surface area contributed by atoms with Crippen molar-refractivity contribution in [2.75, 3.05) is 6.61 Å². The monoisotopic (exact) mass is 285 g/mol. The number of aromatic nitrogens is 1. The molecule has 4 nitrogen and oxygen atoms in total. The van der Waals surface area contributed by atoms with Crippen molar-refractivity contribution in [1.82, 2.24) is 4.98 Å². The van der Waals surface area contributed by atoms with Crippen molar-refractivity contribution in [1.29, 1.82) is 0 Å². The van der Waals surface area contributed by atoms with E-state index in [0.29, 0.717) is 6.20 Å². The van der Waals surface area contributed by atoms with Gasteiger partial charge in [0.1, 0.15) is 5.56 Å². The molecule has 0 aromatic carbocycles. The molecule has 1 aromatic rings. The lowest BCUT2D eigenvalue weighted by Gasteiger charge is -2.14. The van der Waals surface area contributed by atoms with E-state index in [2.05, 4.69) is 4.74 Å². The van der Waals surface area contributed by atoms with E-state index in [1.807, 2.05) is 0 Å². The van der Waals surface area contributed by atoms with Crippen LogP contribution >= 0.6 is 0 Å². The summed E-state index contributed by atoms with van der Waals surface area (Å²) < 4.78 is 67.6. The van der Waals surface area contributed by atoms with Gasteiger partial charge in [0.15, 0.2) is 0 Å². The highest BCUT2D eigenvalue weighted by atomic mass is 19.4. The zero-order valence-electron chi connectivity index (χ0n) is 9.48. The van der Waals surface area contributed by atoms with Crippen molar-refractivity contribution in [3.05, 3.63) is 33.2 Å². The van der Waals surface area contributed by atoms with Crippen LogP contribution in [-0.2, 0) is 10.9 Å². The summed E-state index contributed by atoms with van der Waals surface area (Å²) in [6.45, 7) is 1.15. The lowest BCUT2D eigenvalue weighted by Crippen LogP contribution is -2.27. The Morgan fingerprint density at radius 3 is 2.42 bits per heavy atom. The second-order valence-electron chi connectivity index (χ2n) is 3.34. The highest BCUT2D eigenvalue weighted by Gasteiger charge is 2.41. The topological polar surface area (TPSA) is 59.2 Å². The van der Waals surface area contributed by atoms with Gasteiger partial charge in [-0.1, -0.05) is 0 Å². The van der Waals surface area contributed by atoms with Crippen LogP contribution in [0.5, 0.6) is 0 Å². The van der Waals surface area contributed by atoms with Crippen LogP contribution < -0.4 is 5.56 Å². The van der Waals surface area contributed by atoms with Gasteiger partial charge in [0, 0.05) is 6.20 Å².